The molecule has 1 unspecified atom stereocenters. The topological polar surface area (TPSA) is 41.6 Å². The van der Waals surface area contributed by atoms with Gasteiger partial charge in [0.2, 0.25) is 5.91 Å². The van der Waals surface area contributed by atoms with Crippen molar-refractivity contribution in [1.29, 1.82) is 0 Å². The number of nitrogens with one attached hydrogen (secondary N) is 1. The molecule has 1 aliphatic rings. The van der Waals surface area contributed by atoms with Crippen LogP contribution in [0.2, 0.25) is 0 Å². The van der Waals surface area contributed by atoms with Crippen LogP contribution in [0.5, 0.6) is 5.75 Å². The molecule has 116 valence electrons. The van der Waals surface area contributed by atoms with E-state index in [0.717, 1.165) is 43.7 Å². The molecule has 1 aromatic carbocycles. The molecular formula is C17H26N2O2. The van der Waals surface area contributed by atoms with Crippen LogP contribution in [0.4, 0.5) is 0 Å². The van der Waals surface area contributed by atoms with Crippen LogP contribution in [-0.4, -0.2) is 38.1 Å². The summed E-state index contributed by atoms with van der Waals surface area (Å²) in [5, 5.41) is 3.35. The Labute approximate surface area is 127 Å². The van der Waals surface area contributed by atoms with Gasteiger partial charge in [-0.1, -0.05) is 25.5 Å². The summed E-state index contributed by atoms with van der Waals surface area (Å²) in [4.78, 5) is 14.7. The number of hydrogen-bond donors (Lipinski definition) is 1. The quantitative estimate of drug-likeness (QED) is 0.875. The fraction of sp³-hybridized carbons (Fsp3) is 0.588. The predicted octanol–water partition coefficient (Wildman–Crippen LogP) is 2.43. The van der Waals surface area contributed by atoms with E-state index in [1.807, 2.05) is 36.2 Å². The lowest BCUT2D eigenvalue weighted by Gasteiger charge is -2.31. The minimum atomic E-state index is -0.206. The molecule has 1 fully saturated rings. The average Bonchev–Trinajstić information content (AvgIpc) is 2.96. The number of amides is 1. The second-order valence-electron chi connectivity index (χ2n) is 5.97. The Morgan fingerprint density at radius 1 is 1.48 bits per heavy atom. The van der Waals surface area contributed by atoms with Crippen LogP contribution in [0.25, 0.3) is 0 Å². The largest absolute Gasteiger partial charge is 0.497 e. The second-order valence-corrected chi connectivity index (χ2v) is 5.97. The van der Waals surface area contributed by atoms with Gasteiger partial charge >= 0.3 is 0 Å². The van der Waals surface area contributed by atoms with E-state index in [4.69, 9.17) is 4.74 Å². The summed E-state index contributed by atoms with van der Waals surface area (Å²) in [6, 6.07) is 7.91. The van der Waals surface area contributed by atoms with E-state index in [1.165, 1.54) is 0 Å². The first kappa shape index (κ1) is 15.8. The molecule has 0 saturated carbocycles. The van der Waals surface area contributed by atoms with Crippen molar-refractivity contribution >= 4 is 5.91 Å². The molecule has 1 aliphatic heterocycles. The Bertz CT molecular complexity index is 481. The highest BCUT2D eigenvalue weighted by Gasteiger charge is 2.41. The van der Waals surface area contributed by atoms with Crippen LogP contribution >= 0.6 is 0 Å². The SMILES string of the molecule is CCCC1(C(=O)N(C)Cc2cccc(OC)c2)CCNC1. The molecule has 1 aromatic rings. The van der Waals surface area contributed by atoms with Gasteiger partial charge in [0, 0.05) is 20.1 Å². The maximum absolute atomic E-state index is 12.9. The maximum atomic E-state index is 12.9. The van der Waals surface area contributed by atoms with Gasteiger partial charge in [0.1, 0.15) is 5.75 Å². The molecule has 4 heteroatoms. The van der Waals surface area contributed by atoms with Crippen LogP contribution < -0.4 is 10.1 Å². The zero-order valence-electron chi connectivity index (χ0n) is 13.3. The Hall–Kier alpha value is -1.55. The lowest BCUT2D eigenvalue weighted by atomic mass is 9.81. The summed E-state index contributed by atoms with van der Waals surface area (Å²) in [6.07, 6.45) is 2.95. The van der Waals surface area contributed by atoms with Crippen LogP contribution in [0.15, 0.2) is 24.3 Å². The second kappa shape index (κ2) is 6.94. The van der Waals surface area contributed by atoms with Crippen molar-refractivity contribution in [3.8, 4) is 5.75 Å². The molecule has 0 bridgehead atoms. The fourth-order valence-electron chi connectivity index (χ4n) is 3.25. The minimum absolute atomic E-state index is 0.206. The van der Waals surface area contributed by atoms with E-state index in [9.17, 15) is 4.79 Å². The summed E-state index contributed by atoms with van der Waals surface area (Å²) in [5.41, 5.74) is 0.894. The summed E-state index contributed by atoms with van der Waals surface area (Å²) in [5.74, 6) is 1.09. The highest BCUT2D eigenvalue weighted by Crippen LogP contribution is 2.33. The third kappa shape index (κ3) is 3.56. The third-order valence-electron chi connectivity index (χ3n) is 4.33. The molecule has 1 saturated heterocycles. The van der Waals surface area contributed by atoms with Gasteiger partial charge < -0.3 is 15.0 Å². The number of benzene rings is 1. The molecule has 0 aliphatic carbocycles. The Morgan fingerprint density at radius 3 is 2.90 bits per heavy atom. The van der Waals surface area contributed by atoms with Gasteiger partial charge in [0.05, 0.1) is 12.5 Å². The summed E-state index contributed by atoms with van der Waals surface area (Å²) >= 11 is 0. The Kier molecular flexibility index (Phi) is 5.23. The first-order valence-corrected chi connectivity index (χ1v) is 7.70. The van der Waals surface area contributed by atoms with Crippen LogP contribution in [0.3, 0.4) is 0 Å². The van der Waals surface area contributed by atoms with Gasteiger partial charge in [-0.2, -0.15) is 0 Å². The first-order valence-electron chi connectivity index (χ1n) is 7.70. The zero-order chi connectivity index (χ0) is 15.3. The molecule has 1 amide bonds. The minimum Gasteiger partial charge on any atom is -0.497 e. The summed E-state index contributed by atoms with van der Waals surface area (Å²) in [6.45, 7) is 4.53. The standard InChI is InChI=1S/C17H26N2O2/c1-4-8-17(9-10-18-13-17)16(20)19(2)12-14-6-5-7-15(11-14)21-3/h5-7,11,18H,4,8-10,12-13H2,1-3H3. The van der Waals surface area contributed by atoms with E-state index in [0.29, 0.717) is 6.54 Å². The van der Waals surface area contributed by atoms with Gasteiger partial charge in [-0.25, -0.2) is 0 Å². The summed E-state index contributed by atoms with van der Waals surface area (Å²) < 4.78 is 5.24. The maximum Gasteiger partial charge on any atom is 0.230 e. The summed E-state index contributed by atoms with van der Waals surface area (Å²) in [7, 11) is 3.56. The molecule has 2 rings (SSSR count). The Morgan fingerprint density at radius 2 is 2.29 bits per heavy atom. The van der Waals surface area contributed by atoms with Gasteiger partial charge in [0.25, 0.3) is 0 Å². The molecule has 4 nitrogen and oxygen atoms in total. The monoisotopic (exact) mass is 290 g/mol. The van der Waals surface area contributed by atoms with Crippen molar-refractivity contribution in [2.24, 2.45) is 5.41 Å². The average molecular weight is 290 g/mol. The van der Waals surface area contributed by atoms with E-state index in [1.54, 1.807) is 7.11 Å². The van der Waals surface area contributed by atoms with Gasteiger partial charge in [0.15, 0.2) is 0 Å². The fourth-order valence-corrected chi connectivity index (χ4v) is 3.25. The molecule has 1 atom stereocenters. The van der Waals surface area contributed by atoms with E-state index in [-0.39, 0.29) is 11.3 Å². The zero-order valence-corrected chi connectivity index (χ0v) is 13.3. The van der Waals surface area contributed by atoms with Crippen LogP contribution in [0, 0.1) is 5.41 Å². The lowest BCUT2D eigenvalue weighted by molar-refractivity contribution is -0.140. The molecule has 1 heterocycles. The van der Waals surface area contributed by atoms with E-state index < -0.39 is 0 Å². The first-order chi connectivity index (χ1) is 10.1. The number of nitrogens with zero attached hydrogens (tertiary/aromatic N) is 1. The number of methoxy groups -OCH3 is 1. The van der Waals surface area contributed by atoms with Crippen molar-refractivity contribution in [3.05, 3.63) is 29.8 Å². The molecule has 0 radical (unpaired) electrons. The van der Waals surface area contributed by atoms with Gasteiger partial charge in [-0.3, -0.25) is 4.79 Å². The number of hydrogen-bond acceptors (Lipinski definition) is 3. The van der Waals surface area contributed by atoms with Crippen LogP contribution in [0.1, 0.15) is 31.7 Å². The van der Waals surface area contributed by atoms with Crippen molar-refractivity contribution in [1.82, 2.24) is 10.2 Å². The number of carbonyl (C=O) groups is 1. The highest BCUT2D eigenvalue weighted by atomic mass is 16.5. The molecule has 0 aromatic heterocycles. The third-order valence-corrected chi connectivity index (χ3v) is 4.33. The Balaban J connectivity index is 2.07. The van der Waals surface area contributed by atoms with Crippen molar-refractivity contribution in [2.75, 3.05) is 27.2 Å². The predicted molar refractivity (Wildman–Crippen MR) is 84.3 cm³/mol. The molecule has 21 heavy (non-hydrogen) atoms. The van der Waals surface area contributed by atoms with Gasteiger partial charge in [-0.05, 0) is 37.1 Å². The van der Waals surface area contributed by atoms with Crippen molar-refractivity contribution in [3.63, 3.8) is 0 Å². The van der Waals surface area contributed by atoms with E-state index >= 15 is 0 Å². The molecule has 0 spiro atoms. The smallest absolute Gasteiger partial charge is 0.230 e. The normalized spacial score (nSPS) is 21.3. The number of ether oxygens (including phenoxy) is 1. The highest BCUT2D eigenvalue weighted by molar-refractivity contribution is 5.83. The van der Waals surface area contributed by atoms with Crippen molar-refractivity contribution in [2.45, 2.75) is 32.7 Å². The van der Waals surface area contributed by atoms with E-state index in [2.05, 4.69) is 12.2 Å². The lowest BCUT2D eigenvalue weighted by Crippen LogP contribution is -2.43. The van der Waals surface area contributed by atoms with Crippen LogP contribution in [-0.2, 0) is 11.3 Å². The molecule has 1 N–H and O–H groups in total. The molecular weight excluding hydrogens is 264 g/mol. The number of carbonyl (C=O) groups excluding carboxylic acids is 1. The van der Waals surface area contributed by atoms with Crippen molar-refractivity contribution < 1.29 is 9.53 Å². The van der Waals surface area contributed by atoms with Gasteiger partial charge in [-0.15, -0.1) is 0 Å². The number of rotatable bonds is 6.